The van der Waals surface area contributed by atoms with E-state index in [9.17, 15) is 4.79 Å². The molecule has 186 valence electrons. The summed E-state index contributed by atoms with van der Waals surface area (Å²) in [4.78, 5) is 19.5. The van der Waals surface area contributed by atoms with Crippen molar-refractivity contribution in [3.05, 3.63) is 51.8 Å². The molecule has 0 saturated carbocycles. The van der Waals surface area contributed by atoms with Crippen molar-refractivity contribution >= 4 is 40.8 Å². The zero-order valence-electron chi connectivity index (χ0n) is 19.7. The number of hydrogen-bond acceptors (Lipinski definition) is 6. The highest BCUT2D eigenvalue weighted by atomic mass is 35.5. The van der Waals surface area contributed by atoms with E-state index in [0.717, 1.165) is 38.9 Å². The van der Waals surface area contributed by atoms with E-state index < -0.39 is 0 Å². The molecular formula is C24H33Cl2N5O3. The Kier molecular flexibility index (Phi) is 9.64. The van der Waals surface area contributed by atoms with Crippen LogP contribution in [-0.4, -0.2) is 62.3 Å². The van der Waals surface area contributed by atoms with Gasteiger partial charge in [0, 0.05) is 55.3 Å². The molecular weight excluding hydrogens is 477 g/mol. The minimum atomic E-state index is -0.209. The van der Waals surface area contributed by atoms with Gasteiger partial charge in [-0.15, -0.1) is 0 Å². The van der Waals surface area contributed by atoms with Crippen LogP contribution in [0.2, 0.25) is 10.0 Å². The van der Waals surface area contributed by atoms with Gasteiger partial charge in [-0.05, 0) is 50.8 Å². The highest BCUT2D eigenvalue weighted by Gasteiger charge is 2.28. The third-order valence-electron chi connectivity index (χ3n) is 6.13. The SMILES string of the molecule is C=C(Nc1ccc(Cl)c(Cl)c1)/C(C)=C(\N=C(/N)OC)C(=O)N1CCC(NC2CCOCC2)CC1. The molecule has 0 spiro atoms. The van der Waals surface area contributed by atoms with Crippen molar-refractivity contribution in [2.75, 3.05) is 38.7 Å². The number of methoxy groups -OCH3 is 1. The fourth-order valence-corrected chi connectivity index (χ4v) is 4.33. The summed E-state index contributed by atoms with van der Waals surface area (Å²) < 4.78 is 10.5. The number of carbonyl (C=O) groups is 1. The zero-order chi connectivity index (χ0) is 24.7. The minimum absolute atomic E-state index is 0.0962. The molecule has 2 fully saturated rings. The summed E-state index contributed by atoms with van der Waals surface area (Å²) in [6.07, 6.45) is 3.82. The standard InChI is InChI=1S/C24H33Cl2N5O3/c1-15(16(2)28-19-4-5-20(25)21(26)14-19)22(30-24(27)33-3)23(32)31-10-6-17(7-11-31)29-18-8-12-34-13-9-18/h4-5,14,17-18,28-29H,2,6-13H2,1,3H3,(H2,27,30)/b22-15-. The topological polar surface area (TPSA) is 101 Å². The van der Waals surface area contributed by atoms with Gasteiger partial charge in [0.05, 0.1) is 17.2 Å². The molecule has 1 amide bonds. The molecule has 2 heterocycles. The molecule has 8 nitrogen and oxygen atoms in total. The number of aliphatic imine (C=N–C) groups is 1. The second-order valence-electron chi connectivity index (χ2n) is 8.48. The Balaban J connectivity index is 1.70. The Morgan fingerprint density at radius 3 is 2.44 bits per heavy atom. The zero-order valence-corrected chi connectivity index (χ0v) is 21.2. The lowest BCUT2D eigenvalue weighted by Crippen LogP contribution is -2.49. The van der Waals surface area contributed by atoms with Crippen LogP contribution in [0.25, 0.3) is 0 Å². The first-order valence-electron chi connectivity index (χ1n) is 11.4. The van der Waals surface area contributed by atoms with E-state index in [2.05, 4.69) is 22.2 Å². The summed E-state index contributed by atoms with van der Waals surface area (Å²) in [5.41, 5.74) is 7.74. The van der Waals surface area contributed by atoms with Crippen molar-refractivity contribution in [1.29, 1.82) is 0 Å². The molecule has 4 N–H and O–H groups in total. The van der Waals surface area contributed by atoms with Gasteiger partial charge < -0.3 is 30.7 Å². The monoisotopic (exact) mass is 509 g/mol. The maximum atomic E-state index is 13.4. The lowest BCUT2D eigenvalue weighted by molar-refractivity contribution is -0.128. The molecule has 34 heavy (non-hydrogen) atoms. The van der Waals surface area contributed by atoms with E-state index in [1.54, 1.807) is 30.0 Å². The van der Waals surface area contributed by atoms with Gasteiger partial charge >= 0.3 is 0 Å². The smallest absolute Gasteiger partial charge is 0.287 e. The predicted octanol–water partition coefficient (Wildman–Crippen LogP) is 3.91. The third kappa shape index (κ3) is 7.12. The van der Waals surface area contributed by atoms with Crippen LogP contribution >= 0.6 is 23.2 Å². The van der Waals surface area contributed by atoms with Crippen LogP contribution in [0.5, 0.6) is 0 Å². The molecule has 1 aromatic carbocycles. The molecule has 0 atom stereocenters. The number of carbonyl (C=O) groups excluding carboxylic acids is 1. The Morgan fingerprint density at radius 1 is 1.18 bits per heavy atom. The van der Waals surface area contributed by atoms with Gasteiger partial charge in [-0.25, -0.2) is 0 Å². The van der Waals surface area contributed by atoms with E-state index in [1.165, 1.54) is 7.11 Å². The highest BCUT2D eigenvalue weighted by molar-refractivity contribution is 6.42. The Morgan fingerprint density at radius 2 is 1.82 bits per heavy atom. The number of halogens is 2. The fourth-order valence-electron chi connectivity index (χ4n) is 4.03. The molecule has 0 radical (unpaired) electrons. The van der Waals surface area contributed by atoms with E-state index in [4.69, 9.17) is 38.4 Å². The number of amides is 1. The molecule has 0 bridgehead atoms. The number of nitrogens with one attached hydrogen (secondary N) is 2. The average Bonchev–Trinajstić information content (AvgIpc) is 2.85. The van der Waals surface area contributed by atoms with E-state index >= 15 is 0 Å². The van der Waals surface area contributed by atoms with Crippen molar-refractivity contribution in [3.63, 3.8) is 0 Å². The van der Waals surface area contributed by atoms with Crippen molar-refractivity contribution < 1.29 is 14.3 Å². The number of benzene rings is 1. The molecule has 10 heteroatoms. The summed E-state index contributed by atoms with van der Waals surface area (Å²) in [5, 5.41) is 7.74. The van der Waals surface area contributed by atoms with Crippen LogP contribution in [0, 0.1) is 0 Å². The molecule has 3 rings (SSSR count). The normalized spacial score (nSPS) is 18.9. The van der Waals surface area contributed by atoms with Crippen molar-refractivity contribution in [2.24, 2.45) is 10.7 Å². The summed E-state index contributed by atoms with van der Waals surface area (Å²) in [6.45, 7) is 8.72. The molecule has 2 aliphatic heterocycles. The second-order valence-corrected chi connectivity index (χ2v) is 9.29. The minimum Gasteiger partial charge on any atom is -0.469 e. The van der Waals surface area contributed by atoms with Gasteiger partial charge in [-0.3, -0.25) is 4.79 Å². The largest absolute Gasteiger partial charge is 0.469 e. The Hall–Kier alpha value is -2.26. The molecule has 1 aromatic rings. The fraction of sp³-hybridized carbons (Fsp3) is 0.500. The predicted molar refractivity (Wildman–Crippen MR) is 137 cm³/mol. The number of ether oxygens (including phenoxy) is 2. The summed E-state index contributed by atoms with van der Waals surface area (Å²) in [5.74, 6) is -0.209. The molecule has 0 unspecified atom stereocenters. The number of allylic oxidation sites excluding steroid dienone is 1. The lowest BCUT2D eigenvalue weighted by Gasteiger charge is -2.35. The Labute approximate surface area is 211 Å². The van der Waals surface area contributed by atoms with Gasteiger partial charge in [0.25, 0.3) is 11.9 Å². The molecule has 0 aliphatic carbocycles. The van der Waals surface area contributed by atoms with Gasteiger partial charge in [0.1, 0.15) is 5.70 Å². The highest BCUT2D eigenvalue weighted by Crippen LogP contribution is 2.27. The number of anilines is 1. The van der Waals surface area contributed by atoms with Gasteiger partial charge in [-0.1, -0.05) is 29.8 Å². The first-order chi connectivity index (χ1) is 16.3. The number of likely N-dealkylation sites (tertiary alicyclic amines) is 1. The van der Waals surface area contributed by atoms with Crippen LogP contribution in [0.15, 0.2) is 46.7 Å². The number of piperidine rings is 1. The quantitative estimate of drug-likeness (QED) is 0.223. The van der Waals surface area contributed by atoms with Crippen molar-refractivity contribution in [2.45, 2.75) is 44.7 Å². The number of nitrogens with two attached hydrogens (primary N) is 1. The number of rotatable bonds is 7. The van der Waals surface area contributed by atoms with Crippen LogP contribution in [-0.2, 0) is 14.3 Å². The van der Waals surface area contributed by atoms with Crippen molar-refractivity contribution in [1.82, 2.24) is 10.2 Å². The van der Waals surface area contributed by atoms with Gasteiger partial charge in [-0.2, -0.15) is 4.99 Å². The first kappa shape index (κ1) is 26.3. The number of nitrogens with zero attached hydrogens (tertiary/aromatic N) is 2. The van der Waals surface area contributed by atoms with E-state index in [0.29, 0.717) is 52.2 Å². The summed E-state index contributed by atoms with van der Waals surface area (Å²) >= 11 is 12.1. The van der Waals surface area contributed by atoms with E-state index in [-0.39, 0.29) is 17.6 Å². The summed E-state index contributed by atoms with van der Waals surface area (Å²) in [6, 6.07) is 5.93. The molecule has 0 aromatic heterocycles. The maximum Gasteiger partial charge on any atom is 0.287 e. The van der Waals surface area contributed by atoms with Gasteiger partial charge in [0.15, 0.2) is 0 Å². The third-order valence-corrected chi connectivity index (χ3v) is 6.87. The number of amidine groups is 1. The molecule has 2 saturated heterocycles. The van der Waals surface area contributed by atoms with Crippen LogP contribution < -0.4 is 16.4 Å². The lowest BCUT2D eigenvalue weighted by atomic mass is 10.0. The van der Waals surface area contributed by atoms with Crippen LogP contribution in [0.4, 0.5) is 5.69 Å². The average molecular weight is 510 g/mol. The van der Waals surface area contributed by atoms with Crippen LogP contribution in [0.1, 0.15) is 32.6 Å². The molecule has 2 aliphatic rings. The maximum absolute atomic E-state index is 13.4. The first-order valence-corrected chi connectivity index (χ1v) is 12.2. The second kappa shape index (κ2) is 12.4. The van der Waals surface area contributed by atoms with Crippen molar-refractivity contribution in [3.8, 4) is 0 Å². The van der Waals surface area contributed by atoms with E-state index in [1.807, 2.05) is 0 Å². The van der Waals surface area contributed by atoms with Gasteiger partial charge in [0.2, 0.25) is 0 Å². The van der Waals surface area contributed by atoms with Crippen LogP contribution in [0.3, 0.4) is 0 Å². The number of hydrogen-bond donors (Lipinski definition) is 3. The Bertz CT molecular complexity index is 952. The summed E-state index contributed by atoms with van der Waals surface area (Å²) in [7, 11) is 1.41.